The van der Waals surface area contributed by atoms with Gasteiger partial charge in [-0.1, -0.05) is 18.2 Å². The van der Waals surface area contributed by atoms with Gasteiger partial charge in [-0.25, -0.2) is 13.1 Å². The first-order chi connectivity index (χ1) is 11.9. The van der Waals surface area contributed by atoms with Crippen molar-refractivity contribution in [2.24, 2.45) is 0 Å². The van der Waals surface area contributed by atoms with Gasteiger partial charge in [0, 0.05) is 16.1 Å². The quantitative estimate of drug-likeness (QED) is 0.749. The van der Waals surface area contributed by atoms with Gasteiger partial charge in [0.2, 0.25) is 0 Å². The highest BCUT2D eigenvalue weighted by Gasteiger charge is 2.17. The SMILES string of the molecule is COc1ccccc1/C=C/C(=O)NS(=O)(=O)c1ccc(Br)c(C#N)c1. The van der Waals surface area contributed by atoms with Gasteiger partial charge in [0.15, 0.2) is 0 Å². The van der Waals surface area contributed by atoms with E-state index in [1.807, 2.05) is 10.8 Å². The molecule has 8 heteroatoms. The van der Waals surface area contributed by atoms with Crippen molar-refractivity contribution in [1.82, 2.24) is 4.72 Å². The lowest BCUT2D eigenvalue weighted by Gasteiger charge is -2.06. The van der Waals surface area contributed by atoms with Crippen molar-refractivity contribution < 1.29 is 17.9 Å². The molecule has 0 saturated carbocycles. The predicted molar refractivity (Wildman–Crippen MR) is 96.2 cm³/mol. The first-order valence-corrected chi connectivity index (χ1v) is 9.22. The molecule has 0 aliphatic carbocycles. The fourth-order valence-electron chi connectivity index (χ4n) is 1.95. The molecule has 0 fully saturated rings. The fourth-order valence-corrected chi connectivity index (χ4v) is 3.26. The molecule has 2 aromatic rings. The Morgan fingerprint density at radius 1 is 1.28 bits per heavy atom. The van der Waals surface area contributed by atoms with Gasteiger partial charge >= 0.3 is 0 Å². The third-order valence-corrected chi connectivity index (χ3v) is 5.19. The van der Waals surface area contributed by atoms with E-state index in [4.69, 9.17) is 10.00 Å². The van der Waals surface area contributed by atoms with E-state index in [0.29, 0.717) is 15.8 Å². The summed E-state index contributed by atoms with van der Waals surface area (Å²) in [7, 11) is -2.59. The van der Waals surface area contributed by atoms with Gasteiger partial charge in [-0.3, -0.25) is 4.79 Å². The van der Waals surface area contributed by atoms with Crippen molar-refractivity contribution in [3.8, 4) is 11.8 Å². The molecule has 2 aromatic carbocycles. The highest BCUT2D eigenvalue weighted by atomic mass is 79.9. The van der Waals surface area contributed by atoms with Crippen LogP contribution in [0, 0.1) is 11.3 Å². The summed E-state index contributed by atoms with van der Waals surface area (Å²) in [5.41, 5.74) is 0.785. The van der Waals surface area contributed by atoms with Crippen LogP contribution in [0.25, 0.3) is 6.08 Å². The molecule has 1 N–H and O–H groups in total. The van der Waals surface area contributed by atoms with E-state index in [-0.39, 0.29) is 10.5 Å². The van der Waals surface area contributed by atoms with Crippen molar-refractivity contribution in [3.05, 3.63) is 64.1 Å². The molecular weight excluding hydrogens is 408 g/mol. The third-order valence-electron chi connectivity index (χ3n) is 3.16. The average molecular weight is 421 g/mol. The smallest absolute Gasteiger partial charge is 0.264 e. The molecule has 25 heavy (non-hydrogen) atoms. The molecule has 0 bridgehead atoms. The number of hydrogen-bond donors (Lipinski definition) is 1. The number of nitrogens with one attached hydrogen (secondary N) is 1. The zero-order valence-electron chi connectivity index (χ0n) is 13.1. The van der Waals surface area contributed by atoms with Crippen LogP contribution in [0.3, 0.4) is 0 Å². The molecule has 0 atom stereocenters. The van der Waals surface area contributed by atoms with Gasteiger partial charge in [-0.2, -0.15) is 5.26 Å². The second-order valence-electron chi connectivity index (χ2n) is 4.80. The molecule has 0 saturated heterocycles. The zero-order chi connectivity index (χ0) is 18.4. The van der Waals surface area contributed by atoms with Crippen LogP contribution in [-0.2, 0) is 14.8 Å². The number of ether oxygens (including phenoxy) is 1. The Morgan fingerprint density at radius 2 is 2.00 bits per heavy atom. The normalized spacial score (nSPS) is 11.1. The highest BCUT2D eigenvalue weighted by Crippen LogP contribution is 2.21. The summed E-state index contributed by atoms with van der Waals surface area (Å²) < 4.78 is 32.0. The Kier molecular flexibility index (Phi) is 5.96. The number of nitrogens with zero attached hydrogens (tertiary/aromatic N) is 1. The average Bonchev–Trinajstić information content (AvgIpc) is 2.60. The van der Waals surface area contributed by atoms with Crippen molar-refractivity contribution in [2.45, 2.75) is 4.90 Å². The van der Waals surface area contributed by atoms with E-state index < -0.39 is 15.9 Å². The topological polar surface area (TPSA) is 96.3 Å². The van der Waals surface area contributed by atoms with Gasteiger partial charge in [0.25, 0.3) is 15.9 Å². The van der Waals surface area contributed by atoms with E-state index in [1.54, 1.807) is 24.3 Å². The van der Waals surface area contributed by atoms with Gasteiger partial charge in [-0.15, -0.1) is 0 Å². The largest absolute Gasteiger partial charge is 0.496 e. The molecule has 0 spiro atoms. The molecule has 0 aliphatic heterocycles. The Bertz CT molecular complexity index is 978. The summed E-state index contributed by atoms with van der Waals surface area (Å²) in [6, 6.07) is 12.8. The number of carbonyl (C=O) groups is 1. The maximum Gasteiger partial charge on any atom is 0.264 e. The van der Waals surface area contributed by atoms with Gasteiger partial charge in [0.1, 0.15) is 11.8 Å². The van der Waals surface area contributed by atoms with Gasteiger partial charge < -0.3 is 4.74 Å². The summed E-state index contributed by atoms with van der Waals surface area (Å²) in [4.78, 5) is 11.8. The van der Waals surface area contributed by atoms with Crippen LogP contribution in [0.4, 0.5) is 0 Å². The van der Waals surface area contributed by atoms with Crippen LogP contribution < -0.4 is 9.46 Å². The van der Waals surface area contributed by atoms with Crippen LogP contribution in [0.15, 0.2) is 57.9 Å². The van der Waals surface area contributed by atoms with Crippen molar-refractivity contribution in [2.75, 3.05) is 7.11 Å². The van der Waals surface area contributed by atoms with Crippen molar-refractivity contribution >= 4 is 37.9 Å². The number of nitriles is 1. The van der Waals surface area contributed by atoms with Crippen LogP contribution >= 0.6 is 15.9 Å². The van der Waals surface area contributed by atoms with E-state index in [2.05, 4.69) is 15.9 Å². The summed E-state index contributed by atoms with van der Waals surface area (Å²) >= 11 is 3.14. The number of benzene rings is 2. The summed E-state index contributed by atoms with van der Waals surface area (Å²) in [5.74, 6) is -0.256. The minimum Gasteiger partial charge on any atom is -0.496 e. The predicted octanol–water partition coefficient (Wildman–Crippen LogP) is 2.85. The van der Waals surface area contributed by atoms with Crippen LogP contribution in [0.2, 0.25) is 0 Å². The molecule has 0 aliphatic rings. The summed E-state index contributed by atoms with van der Waals surface area (Å²) in [6.07, 6.45) is 2.55. The van der Waals surface area contributed by atoms with E-state index in [0.717, 1.165) is 6.08 Å². The van der Waals surface area contributed by atoms with Gasteiger partial charge in [0.05, 0.1) is 17.6 Å². The fraction of sp³-hybridized carbons (Fsp3) is 0.0588. The summed E-state index contributed by atoms with van der Waals surface area (Å²) in [6.45, 7) is 0. The number of rotatable bonds is 5. The minimum absolute atomic E-state index is 0.153. The Balaban J connectivity index is 2.19. The first-order valence-electron chi connectivity index (χ1n) is 6.95. The maximum atomic E-state index is 12.2. The number of halogens is 1. The Labute approximate surface area is 153 Å². The minimum atomic E-state index is -4.08. The van der Waals surface area contributed by atoms with Crippen LogP contribution in [0.1, 0.15) is 11.1 Å². The molecule has 1 amide bonds. The van der Waals surface area contributed by atoms with Crippen molar-refractivity contribution in [3.63, 3.8) is 0 Å². The van der Waals surface area contributed by atoms with E-state index in [9.17, 15) is 13.2 Å². The third kappa shape index (κ3) is 4.68. The lowest BCUT2D eigenvalue weighted by molar-refractivity contribution is -0.114. The molecule has 0 heterocycles. The monoisotopic (exact) mass is 420 g/mol. The molecule has 0 radical (unpaired) electrons. The summed E-state index contributed by atoms with van der Waals surface area (Å²) in [5, 5.41) is 8.96. The molecule has 6 nitrogen and oxygen atoms in total. The Hall–Kier alpha value is -2.63. The molecule has 2 rings (SSSR count). The lowest BCUT2D eigenvalue weighted by Crippen LogP contribution is -2.29. The van der Waals surface area contributed by atoms with Crippen molar-refractivity contribution in [1.29, 1.82) is 5.26 Å². The van der Waals surface area contributed by atoms with E-state index in [1.165, 1.54) is 31.4 Å². The number of hydrogen-bond acceptors (Lipinski definition) is 5. The number of amides is 1. The number of methoxy groups -OCH3 is 1. The first kappa shape index (κ1) is 18.7. The zero-order valence-corrected chi connectivity index (χ0v) is 15.5. The van der Waals surface area contributed by atoms with Crippen LogP contribution in [-0.4, -0.2) is 21.4 Å². The molecule has 0 unspecified atom stereocenters. The highest BCUT2D eigenvalue weighted by molar-refractivity contribution is 9.10. The lowest BCUT2D eigenvalue weighted by atomic mass is 10.2. The second kappa shape index (κ2) is 7.96. The maximum absolute atomic E-state index is 12.2. The number of sulfonamides is 1. The second-order valence-corrected chi connectivity index (χ2v) is 7.34. The van der Waals surface area contributed by atoms with E-state index >= 15 is 0 Å². The number of carbonyl (C=O) groups excluding carboxylic acids is 1. The molecular formula is C17H13BrN2O4S. The molecule has 0 aromatic heterocycles. The Morgan fingerprint density at radius 3 is 2.68 bits per heavy atom. The van der Waals surface area contributed by atoms with Gasteiger partial charge in [-0.05, 0) is 46.3 Å². The standard InChI is InChI=1S/C17H13BrN2O4S/c1-24-16-5-3-2-4-12(16)6-9-17(21)20-25(22,23)14-7-8-15(18)13(10-14)11-19/h2-10H,1H3,(H,20,21)/b9-6+. The molecule has 128 valence electrons. The van der Waals surface area contributed by atoms with Crippen LogP contribution in [0.5, 0.6) is 5.75 Å². The number of para-hydroxylation sites is 1.